The van der Waals surface area contributed by atoms with E-state index in [0.29, 0.717) is 11.3 Å². The maximum atomic E-state index is 12.8. The number of nitrogens with zero attached hydrogens (tertiary/aromatic N) is 2. The van der Waals surface area contributed by atoms with Crippen LogP contribution in [0.25, 0.3) is 6.08 Å². The number of anilines is 1. The van der Waals surface area contributed by atoms with Crippen LogP contribution in [0, 0.1) is 6.92 Å². The summed E-state index contributed by atoms with van der Waals surface area (Å²) in [5, 5.41) is 0. The maximum absolute atomic E-state index is 12.8. The Labute approximate surface area is 154 Å². The predicted molar refractivity (Wildman–Crippen MR) is 106 cm³/mol. The fraction of sp³-hybridized carbons (Fsp3) is 0.217. The van der Waals surface area contributed by atoms with Gasteiger partial charge in [0.05, 0.1) is 0 Å². The summed E-state index contributed by atoms with van der Waals surface area (Å²) in [7, 11) is 2.08. The van der Waals surface area contributed by atoms with E-state index in [0.717, 1.165) is 11.3 Å². The second-order valence-corrected chi connectivity index (χ2v) is 7.43. The summed E-state index contributed by atoms with van der Waals surface area (Å²) in [4.78, 5) is 19.4. The van der Waals surface area contributed by atoms with Crippen molar-refractivity contribution in [3.05, 3.63) is 88.4 Å². The van der Waals surface area contributed by atoms with E-state index in [4.69, 9.17) is 0 Å². The van der Waals surface area contributed by atoms with E-state index in [1.165, 1.54) is 16.9 Å². The first-order chi connectivity index (χ1) is 12.4. The molecule has 4 rings (SSSR count). The smallest absolute Gasteiger partial charge is 0.211 e. The van der Waals surface area contributed by atoms with Gasteiger partial charge in [-0.2, -0.15) is 0 Å². The lowest BCUT2D eigenvalue weighted by Gasteiger charge is -2.24. The number of hydrogen-bond acceptors (Lipinski definition) is 3. The molecule has 1 aromatic heterocycles. The van der Waals surface area contributed by atoms with Gasteiger partial charge in [-0.25, -0.2) is 4.98 Å². The van der Waals surface area contributed by atoms with Crippen LogP contribution >= 0.6 is 0 Å². The van der Waals surface area contributed by atoms with Gasteiger partial charge in [0.15, 0.2) is 0 Å². The summed E-state index contributed by atoms with van der Waals surface area (Å²) in [6.45, 7) is 6.35. The Bertz CT molecular complexity index is 1010. The Balaban J connectivity index is 1.74. The van der Waals surface area contributed by atoms with Gasteiger partial charge in [-0.05, 0) is 36.8 Å². The van der Waals surface area contributed by atoms with E-state index in [1.807, 2.05) is 37.3 Å². The standard InChI is InChI=1S/C23H22N2O/c1-15-9-10-16-11-12-17(22(26)21(16)24-15)13-14-20-23(2,3)18-7-5-6-8-19(18)25(20)4/h5-14H,1-4H3/b17-13+,20-14-. The van der Waals surface area contributed by atoms with E-state index >= 15 is 0 Å². The third-order valence-corrected chi connectivity index (χ3v) is 5.35. The van der Waals surface area contributed by atoms with Gasteiger partial charge in [-0.1, -0.05) is 50.3 Å². The minimum atomic E-state index is -0.101. The molecule has 2 aromatic rings. The number of hydrogen-bond donors (Lipinski definition) is 0. The molecule has 0 N–H and O–H groups in total. The molecule has 1 aliphatic carbocycles. The largest absolute Gasteiger partial charge is 0.347 e. The second kappa shape index (κ2) is 5.80. The summed E-state index contributed by atoms with van der Waals surface area (Å²) in [5.74, 6) is -0.0148. The van der Waals surface area contributed by atoms with Gasteiger partial charge in [0.25, 0.3) is 0 Å². The third-order valence-electron chi connectivity index (χ3n) is 5.35. The molecule has 3 heteroatoms. The van der Waals surface area contributed by atoms with Crippen LogP contribution in [-0.4, -0.2) is 17.8 Å². The number of aromatic nitrogens is 1. The third kappa shape index (κ3) is 2.43. The molecule has 2 heterocycles. The molecule has 0 bridgehead atoms. The van der Waals surface area contributed by atoms with Crippen LogP contribution in [-0.2, 0) is 5.41 Å². The van der Waals surface area contributed by atoms with E-state index in [9.17, 15) is 4.79 Å². The van der Waals surface area contributed by atoms with Crippen molar-refractivity contribution in [2.75, 3.05) is 11.9 Å². The number of carbonyl (C=O) groups is 1. The minimum Gasteiger partial charge on any atom is -0.347 e. The quantitative estimate of drug-likeness (QED) is 0.696. The number of aryl methyl sites for hydroxylation is 1. The molecule has 3 nitrogen and oxygen atoms in total. The van der Waals surface area contributed by atoms with E-state index < -0.39 is 0 Å². The zero-order valence-electron chi connectivity index (χ0n) is 15.6. The number of Topliss-reactive ketones (excluding diaryl/α,β-unsaturated/α-hetero) is 1. The summed E-state index contributed by atoms with van der Waals surface area (Å²) in [5.41, 5.74) is 6.55. The first-order valence-corrected chi connectivity index (χ1v) is 8.86. The molecular formula is C23H22N2O. The SMILES string of the molecule is Cc1ccc2c(n1)C(=O)/C(=C/C=C1\N(C)c3ccccc3C1(C)C)C=C2. The van der Waals surface area contributed by atoms with Crippen LogP contribution in [0.5, 0.6) is 0 Å². The molecule has 2 aliphatic rings. The minimum absolute atomic E-state index is 0.0148. The predicted octanol–water partition coefficient (Wildman–Crippen LogP) is 4.84. The van der Waals surface area contributed by atoms with Crippen LogP contribution < -0.4 is 4.90 Å². The number of fused-ring (bicyclic) bond motifs is 2. The summed E-state index contributed by atoms with van der Waals surface area (Å²) in [6, 6.07) is 12.3. The first-order valence-electron chi connectivity index (χ1n) is 8.86. The van der Waals surface area contributed by atoms with Crippen LogP contribution in [0.4, 0.5) is 5.69 Å². The topological polar surface area (TPSA) is 33.2 Å². The highest BCUT2D eigenvalue weighted by Gasteiger charge is 2.37. The average molecular weight is 342 g/mol. The van der Waals surface area contributed by atoms with Gasteiger partial charge in [0, 0.05) is 40.7 Å². The highest BCUT2D eigenvalue weighted by Crippen LogP contribution is 2.46. The van der Waals surface area contributed by atoms with Crippen molar-refractivity contribution in [1.29, 1.82) is 0 Å². The Kier molecular flexibility index (Phi) is 3.69. The molecule has 0 radical (unpaired) electrons. The number of pyridine rings is 1. The van der Waals surface area contributed by atoms with Crippen LogP contribution in [0.3, 0.4) is 0 Å². The first kappa shape index (κ1) is 16.5. The molecule has 0 amide bonds. The normalized spacial score (nSPS) is 20.6. The number of carbonyl (C=O) groups excluding carboxylic acids is 1. The Morgan fingerprint density at radius 1 is 1.04 bits per heavy atom. The lowest BCUT2D eigenvalue weighted by Crippen LogP contribution is -2.22. The number of para-hydroxylation sites is 1. The van der Waals surface area contributed by atoms with Crippen molar-refractivity contribution in [3.8, 4) is 0 Å². The van der Waals surface area contributed by atoms with E-state index in [1.54, 1.807) is 0 Å². The maximum Gasteiger partial charge on any atom is 0.211 e. The van der Waals surface area contributed by atoms with Crippen molar-refractivity contribution in [3.63, 3.8) is 0 Å². The van der Waals surface area contributed by atoms with Gasteiger partial charge >= 0.3 is 0 Å². The molecule has 130 valence electrons. The lowest BCUT2D eigenvalue weighted by molar-refractivity contribution is 0.103. The van der Waals surface area contributed by atoms with Gasteiger partial charge in [-0.15, -0.1) is 0 Å². The van der Waals surface area contributed by atoms with E-state index in [-0.39, 0.29) is 11.2 Å². The molecule has 1 aliphatic heterocycles. The second-order valence-electron chi connectivity index (χ2n) is 7.43. The number of ketones is 1. The molecule has 0 fully saturated rings. The van der Waals surface area contributed by atoms with Crippen molar-refractivity contribution in [2.24, 2.45) is 0 Å². The lowest BCUT2D eigenvalue weighted by atomic mass is 9.83. The van der Waals surface area contributed by atoms with Gasteiger partial charge in [0.2, 0.25) is 5.78 Å². The van der Waals surface area contributed by atoms with Gasteiger partial charge in [-0.3, -0.25) is 4.79 Å². The molecule has 0 saturated heterocycles. The summed E-state index contributed by atoms with van der Waals surface area (Å²) >= 11 is 0. The number of allylic oxidation sites excluding steroid dienone is 5. The van der Waals surface area contributed by atoms with Crippen molar-refractivity contribution in [2.45, 2.75) is 26.2 Å². The van der Waals surface area contributed by atoms with Gasteiger partial charge < -0.3 is 4.90 Å². The summed E-state index contributed by atoms with van der Waals surface area (Å²) in [6.07, 6.45) is 7.84. The van der Waals surface area contributed by atoms with Crippen LogP contribution in [0.1, 0.15) is 41.2 Å². The zero-order chi connectivity index (χ0) is 18.5. The average Bonchev–Trinajstić information content (AvgIpc) is 2.82. The Morgan fingerprint density at radius 2 is 1.81 bits per heavy atom. The van der Waals surface area contributed by atoms with Crippen molar-refractivity contribution >= 4 is 17.5 Å². The molecule has 1 aromatic carbocycles. The summed E-state index contributed by atoms with van der Waals surface area (Å²) < 4.78 is 0. The van der Waals surface area contributed by atoms with Crippen LogP contribution in [0.15, 0.2) is 65.9 Å². The highest BCUT2D eigenvalue weighted by atomic mass is 16.1. The molecule has 0 saturated carbocycles. The monoisotopic (exact) mass is 342 g/mol. The number of rotatable bonds is 1. The van der Waals surface area contributed by atoms with Crippen LogP contribution in [0.2, 0.25) is 0 Å². The molecule has 26 heavy (non-hydrogen) atoms. The van der Waals surface area contributed by atoms with E-state index in [2.05, 4.69) is 61.1 Å². The number of benzene rings is 1. The van der Waals surface area contributed by atoms with Gasteiger partial charge in [0.1, 0.15) is 5.69 Å². The fourth-order valence-electron chi connectivity index (χ4n) is 3.88. The van der Waals surface area contributed by atoms with Crippen molar-refractivity contribution in [1.82, 2.24) is 4.98 Å². The Hall–Kier alpha value is -2.94. The molecule has 0 spiro atoms. The Morgan fingerprint density at radius 3 is 2.58 bits per heavy atom. The molecule has 0 atom stereocenters. The molecular weight excluding hydrogens is 320 g/mol. The van der Waals surface area contributed by atoms with Crippen molar-refractivity contribution < 1.29 is 4.79 Å². The highest BCUT2D eigenvalue weighted by molar-refractivity contribution is 6.14. The number of likely N-dealkylation sites (N-methyl/N-ethyl adjacent to an activating group) is 1. The zero-order valence-corrected chi connectivity index (χ0v) is 15.6. The molecule has 0 unspecified atom stereocenters. The fourth-order valence-corrected chi connectivity index (χ4v) is 3.88.